The number of benzene rings is 1. The molecule has 1 atom stereocenters. The molecular weight excluding hydrogens is 315 g/mol. The van der Waals surface area contributed by atoms with E-state index in [0.29, 0.717) is 13.0 Å². The summed E-state index contributed by atoms with van der Waals surface area (Å²) in [5.41, 5.74) is -0.994. The molecule has 0 spiro atoms. The molecule has 8 heteroatoms. The van der Waals surface area contributed by atoms with Gasteiger partial charge in [-0.25, -0.2) is 0 Å². The third-order valence-corrected chi connectivity index (χ3v) is 4.16. The maximum absolute atomic E-state index is 12.7. The van der Waals surface area contributed by atoms with Gasteiger partial charge in [0.05, 0.1) is 21.4 Å². The van der Waals surface area contributed by atoms with Gasteiger partial charge in [-0.1, -0.05) is 11.6 Å². The van der Waals surface area contributed by atoms with Crippen LogP contribution in [0.25, 0.3) is 0 Å². The summed E-state index contributed by atoms with van der Waals surface area (Å²) in [7, 11) is -1.56. The van der Waals surface area contributed by atoms with Crippen LogP contribution in [0, 0.1) is 0 Å². The molecular formula is C12H13ClF3NO2S. The topological polar surface area (TPSA) is 46.2 Å². The molecule has 0 aromatic heterocycles. The normalized spacial score (nSPS) is 13.1. The Kier molecular flexibility index (Phi) is 6.01. The van der Waals surface area contributed by atoms with E-state index < -0.39 is 27.6 Å². The maximum Gasteiger partial charge on any atom is 0.417 e. The van der Waals surface area contributed by atoms with Gasteiger partial charge in [0.25, 0.3) is 0 Å². The Hall–Kier alpha value is -1.08. The first-order valence-electron chi connectivity index (χ1n) is 5.71. The number of amides is 1. The van der Waals surface area contributed by atoms with Crippen molar-refractivity contribution in [2.24, 2.45) is 0 Å². The molecule has 1 N–H and O–H groups in total. The van der Waals surface area contributed by atoms with E-state index in [1.165, 1.54) is 13.0 Å². The monoisotopic (exact) mass is 327 g/mol. The van der Waals surface area contributed by atoms with E-state index >= 15 is 0 Å². The fourth-order valence-electron chi connectivity index (χ4n) is 1.45. The first kappa shape index (κ1) is 17.0. The minimum absolute atomic E-state index is 0.0737. The van der Waals surface area contributed by atoms with Crippen LogP contribution in [-0.2, 0) is 21.8 Å². The second-order valence-corrected chi connectivity index (χ2v) is 6.00. The quantitative estimate of drug-likeness (QED) is 0.845. The molecule has 0 aliphatic heterocycles. The van der Waals surface area contributed by atoms with Crippen LogP contribution in [0.5, 0.6) is 0 Å². The zero-order chi connectivity index (χ0) is 15.3. The van der Waals surface area contributed by atoms with Gasteiger partial charge in [0.1, 0.15) is 0 Å². The van der Waals surface area contributed by atoms with E-state index in [4.69, 9.17) is 11.6 Å². The van der Waals surface area contributed by atoms with Crippen molar-refractivity contribution in [1.82, 2.24) is 5.32 Å². The second kappa shape index (κ2) is 7.08. The van der Waals surface area contributed by atoms with Crippen molar-refractivity contribution in [1.29, 1.82) is 0 Å². The van der Waals surface area contributed by atoms with Crippen LogP contribution in [0.4, 0.5) is 13.2 Å². The molecule has 1 rings (SSSR count). The number of carbonyl (C=O) groups is 1. The van der Waals surface area contributed by atoms with Gasteiger partial charge in [0.15, 0.2) is 0 Å². The fourth-order valence-corrected chi connectivity index (χ4v) is 2.78. The van der Waals surface area contributed by atoms with E-state index in [2.05, 4.69) is 5.32 Å². The zero-order valence-electron chi connectivity index (χ0n) is 10.6. The van der Waals surface area contributed by atoms with Gasteiger partial charge in [-0.15, -0.1) is 0 Å². The summed E-state index contributed by atoms with van der Waals surface area (Å²) in [4.78, 5) is 10.7. The van der Waals surface area contributed by atoms with Crippen molar-refractivity contribution in [3.05, 3.63) is 28.8 Å². The highest BCUT2D eigenvalue weighted by Crippen LogP contribution is 2.35. The molecule has 1 aromatic carbocycles. The summed E-state index contributed by atoms with van der Waals surface area (Å²) in [5.74, 6) is -0.0409. The van der Waals surface area contributed by atoms with Gasteiger partial charge in [-0.2, -0.15) is 13.2 Å². The number of hydrogen-bond acceptors (Lipinski definition) is 2. The van der Waals surface area contributed by atoms with Crippen LogP contribution < -0.4 is 5.32 Å². The van der Waals surface area contributed by atoms with Crippen molar-refractivity contribution in [2.45, 2.75) is 24.4 Å². The molecule has 1 amide bonds. The predicted octanol–water partition coefficient (Wildman–Crippen LogP) is 2.99. The number of nitrogens with one attached hydrogen (secondary N) is 1. The summed E-state index contributed by atoms with van der Waals surface area (Å²) in [6, 6.07) is 3.20. The van der Waals surface area contributed by atoms with Gasteiger partial charge >= 0.3 is 6.18 Å². The lowest BCUT2D eigenvalue weighted by molar-refractivity contribution is -0.137. The molecule has 0 saturated heterocycles. The Morgan fingerprint density at radius 2 is 2.05 bits per heavy atom. The van der Waals surface area contributed by atoms with Crippen molar-refractivity contribution in [3.8, 4) is 0 Å². The third-order valence-electron chi connectivity index (χ3n) is 2.39. The number of carbonyl (C=O) groups excluding carboxylic acids is 1. The molecule has 1 aromatic rings. The second-order valence-electron chi connectivity index (χ2n) is 4.03. The van der Waals surface area contributed by atoms with Gasteiger partial charge < -0.3 is 5.32 Å². The lowest BCUT2D eigenvalue weighted by atomic mass is 10.2. The van der Waals surface area contributed by atoms with Crippen LogP contribution in [-0.4, -0.2) is 22.4 Å². The minimum atomic E-state index is -4.58. The van der Waals surface area contributed by atoms with Crippen molar-refractivity contribution in [2.75, 3.05) is 12.3 Å². The number of alkyl halides is 3. The lowest BCUT2D eigenvalue weighted by Gasteiger charge is -2.10. The Morgan fingerprint density at radius 1 is 1.40 bits per heavy atom. The van der Waals surface area contributed by atoms with Crippen LogP contribution in [0.15, 0.2) is 23.1 Å². The number of halogens is 4. The molecule has 0 heterocycles. The van der Waals surface area contributed by atoms with Crippen molar-refractivity contribution >= 4 is 28.3 Å². The lowest BCUT2D eigenvalue weighted by Crippen LogP contribution is -2.22. The molecule has 0 unspecified atom stereocenters. The van der Waals surface area contributed by atoms with Crippen LogP contribution in [0.1, 0.15) is 18.9 Å². The predicted molar refractivity (Wildman–Crippen MR) is 71.0 cm³/mol. The smallest absolute Gasteiger partial charge is 0.356 e. The van der Waals surface area contributed by atoms with Gasteiger partial charge in [0, 0.05) is 24.1 Å². The van der Waals surface area contributed by atoms with Crippen LogP contribution in [0.3, 0.4) is 0 Å². The highest BCUT2D eigenvalue weighted by atomic mass is 35.5. The molecule has 0 fully saturated rings. The van der Waals surface area contributed by atoms with Crippen molar-refractivity contribution < 1.29 is 22.2 Å². The fraction of sp³-hybridized carbons (Fsp3) is 0.417. The van der Waals surface area contributed by atoms with Crippen LogP contribution in [0.2, 0.25) is 5.02 Å². The summed E-state index contributed by atoms with van der Waals surface area (Å²) in [5, 5.41) is 2.10. The summed E-state index contributed by atoms with van der Waals surface area (Å²) >= 11 is 5.48. The Morgan fingerprint density at radius 3 is 2.60 bits per heavy atom. The largest absolute Gasteiger partial charge is 0.417 e. The molecule has 0 radical (unpaired) electrons. The molecule has 0 bridgehead atoms. The number of rotatable bonds is 5. The third kappa shape index (κ3) is 5.13. The SMILES string of the molecule is CC(=O)NCCC[S@@](=O)c1ccc(Cl)c(C(F)(F)F)c1. The maximum atomic E-state index is 12.7. The van der Waals surface area contributed by atoms with E-state index in [9.17, 15) is 22.2 Å². The summed E-state index contributed by atoms with van der Waals surface area (Å²) < 4.78 is 49.8. The van der Waals surface area contributed by atoms with E-state index in [0.717, 1.165) is 12.1 Å². The molecule has 20 heavy (non-hydrogen) atoms. The standard InChI is InChI=1S/C12H13ClF3NO2S/c1-8(18)17-5-2-6-20(19)9-3-4-11(13)10(7-9)12(14,15)16/h3-4,7H,2,5-6H2,1H3,(H,17,18)/t20-/m1/s1. The average Bonchev–Trinajstić information content (AvgIpc) is 2.33. The number of hydrogen-bond donors (Lipinski definition) is 1. The minimum Gasteiger partial charge on any atom is -0.356 e. The summed E-state index contributed by atoms with van der Waals surface area (Å²) in [6.45, 7) is 1.69. The van der Waals surface area contributed by atoms with E-state index in [-0.39, 0.29) is 16.6 Å². The van der Waals surface area contributed by atoms with Gasteiger partial charge in [-0.05, 0) is 24.6 Å². The molecule has 0 aliphatic carbocycles. The zero-order valence-corrected chi connectivity index (χ0v) is 12.2. The van der Waals surface area contributed by atoms with Crippen LogP contribution >= 0.6 is 11.6 Å². The van der Waals surface area contributed by atoms with Gasteiger partial charge in [0.2, 0.25) is 5.91 Å². The molecule has 3 nitrogen and oxygen atoms in total. The molecule has 0 saturated carbocycles. The Balaban J connectivity index is 2.72. The molecule has 0 aliphatic rings. The Labute approximate surface area is 122 Å². The Bertz CT molecular complexity index is 520. The first-order valence-corrected chi connectivity index (χ1v) is 7.41. The van der Waals surface area contributed by atoms with Gasteiger partial charge in [-0.3, -0.25) is 9.00 Å². The molecule has 112 valence electrons. The van der Waals surface area contributed by atoms with E-state index in [1.54, 1.807) is 0 Å². The van der Waals surface area contributed by atoms with E-state index in [1.807, 2.05) is 0 Å². The highest BCUT2D eigenvalue weighted by molar-refractivity contribution is 7.85. The average molecular weight is 328 g/mol. The highest BCUT2D eigenvalue weighted by Gasteiger charge is 2.33. The first-order chi connectivity index (χ1) is 9.21. The van der Waals surface area contributed by atoms with Crippen molar-refractivity contribution in [3.63, 3.8) is 0 Å². The summed E-state index contributed by atoms with van der Waals surface area (Å²) in [6.07, 6.45) is -4.16.